The van der Waals surface area contributed by atoms with E-state index in [2.05, 4.69) is 16.0 Å². The van der Waals surface area contributed by atoms with E-state index in [-0.39, 0.29) is 33.9 Å². The van der Waals surface area contributed by atoms with E-state index in [4.69, 9.17) is 0 Å². The molecule has 34 heavy (non-hydrogen) atoms. The maximum absolute atomic E-state index is 14.1. The molecule has 1 aliphatic carbocycles. The van der Waals surface area contributed by atoms with Gasteiger partial charge in [-0.25, -0.2) is 17.8 Å². The van der Waals surface area contributed by atoms with E-state index >= 15 is 0 Å². The zero-order valence-corrected chi connectivity index (χ0v) is 19.7. The van der Waals surface area contributed by atoms with Gasteiger partial charge in [-0.1, -0.05) is 6.92 Å². The van der Waals surface area contributed by atoms with E-state index in [1.807, 2.05) is 0 Å². The number of hydrogen-bond acceptors (Lipinski definition) is 5. The summed E-state index contributed by atoms with van der Waals surface area (Å²) in [4.78, 5) is 8.09. The Bertz CT molecular complexity index is 1280. The van der Waals surface area contributed by atoms with Crippen LogP contribution in [-0.4, -0.2) is 46.2 Å². The average molecular weight is 503 g/mol. The van der Waals surface area contributed by atoms with E-state index in [0.717, 1.165) is 6.20 Å². The fourth-order valence-electron chi connectivity index (χ4n) is 3.35. The second-order valence-corrected chi connectivity index (χ2v) is 11.0. The molecule has 184 valence electrons. The molecule has 0 saturated heterocycles. The third kappa shape index (κ3) is 4.21. The van der Waals surface area contributed by atoms with Crippen LogP contribution in [-0.2, 0) is 22.3 Å². The maximum atomic E-state index is 14.1. The van der Waals surface area contributed by atoms with Crippen LogP contribution >= 0.6 is 0 Å². The molecule has 12 heteroatoms. The van der Waals surface area contributed by atoms with Crippen molar-refractivity contribution in [3.05, 3.63) is 35.8 Å². The lowest BCUT2D eigenvalue weighted by atomic mass is 9.96. The van der Waals surface area contributed by atoms with E-state index in [9.17, 15) is 35.6 Å². The van der Waals surface area contributed by atoms with Gasteiger partial charge in [0.15, 0.2) is 21.3 Å². The third-order valence-corrected chi connectivity index (χ3v) is 7.69. The molecule has 2 aromatic rings. The highest BCUT2D eigenvalue weighted by Gasteiger charge is 2.64. The van der Waals surface area contributed by atoms with Crippen molar-refractivity contribution in [2.24, 2.45) is 7.05 Å². The number of halogens is 5. The molecule has 0 bridgehead atoms. The van der Waals surface area contributed by atoms with Crippen molar-refractivity contribution < 1.29 is 30.4 Å². The highest BCUT2D eigenvalue weighted by molar-refractivity contribution is 7.91. The van der Waals surface area contributed by atoms with Crippen molar-refractivity contribution in [2.45, 2.75) is 61.4 Å². The number of aromatic nitrogens is 3. The molecule has 0 aliphatic heterocycles. The Balaban J connectivity index is 2.07. The molecule has 0 atom stereocenters. The van der Waals surface area contributed by atoms with Crippen LogP contribution in [0.1, 0.15) is 44.9 Å². The summed E-state index contributed by atoms with van der Waals surface area (Å²) < 4.78 is 96.3. The van der Waals surface area contributed by atoms with Crippen LogP contribution in [0.4, 0.5) is 22.0 Å². The van der Waals surface area contributed by atoms with Crippen LogP contribution < -0.4 is 0 Å². The summed E-state index contributed by atoms with van der Waals surface area (Å²) in [6.45, 7) is 2.16. The molecular weight excluding hydrogens is 479 g/mol. The first-order chi connectivity index (χ1) is 15.5. The Morgan fingerprint density at radius 2 is 1.79 bits per heavy atom. The van der Waals surface area contributed by atoms with Crippen LogP contribution in [0.2, 0.25) is 0 Å². The molecular formula is C22H23F5N4O2S. The van der Waals surface area contributed by atoms with Gasteiger partial charge in [0.25, 0.3) is 0 Å². The number of imidazole rings is 1. The lowest BCUT2D eigenvalue weighted by molar-refractivity contribution is -0.240. The summed E-state index contributed by atoms with van der Waals surface area (Å²) in [5.41, 5.74) is -3.95. The minimum absolute atomic E-state index is 0.0130. The van der Waals surface area contributed by atoms with Gasteiger partial charge >= 0.3 is 11.8 Å². The first-order valence-corrected chi connectivity index (χ1v) is 12.0. The average Bonchev–Trinajstić information content (AvgIpc) is 3.48. The minimum Gasteiger partial charge on any atom is -0.326 e. The molecule has 2 aromatic heterocycles. The predicted octanol–water partition coefficient (Wildman–Crippen LogP) is 4.86. The molecule has 0 radical (unpaired) electrons. The smallest absolute Gasteiger partial charge is 0.326 e. The number of nitrogens with zero attached hydrogens (tertiary/aromatic N) is 4. The number of allylic oxidation sites excluding steroid dienone is 1. The molecule has 1 fully saturated rings. The summed E-state index contributed by atoms with van der Waals surface area (Å²) >= 11 is 0. The molecule has 6 nitrogen and oxygen atoms in total. The van der Waals surface area contributed by atoms with E-state index in [1.165, 1.54) is 30.8 Å². The molecule has 2 heterocycles. The molecule has 0 unspecified atom stereocenters. The zero-order chi connectivity index (χ0) is 25.7. The second-order valence-electron chi connectivity index (χ2n) is 8.74. The summed E-state index contributed by atoms with van der Waals surface area (Å²) in [5, 5.41) is 9.44. The Hall–Kier alpha value is -2.81. The molecule has 0 N–H and O–H groups in total. The normalized spacial score (nSPS) is 16.6. The Kier molecular flexibility index (Phi) is 6.18. The second kappa shape index (κ2) is 8.15. The zero-order valence-electron chi connectivity index (χ0n) is 18.9. The van der Waals surface area contributed by atoms with Crippen molar-refractivity contribution in [1.29, 1.82) is 5.26 Å². The molecule has 0 amide bonds. The number of hydrogen-bond donors (Lipinski definition) is 0. The van der Waals surface area contributed by atoms with Gasteiger partial charge in [0.2, 0.25) is 0 Å². The van der Waals surface area contributed by atoms with Crippen molar-refractivity contribution in [1.82, 2.24) is 14.5 Å². The SMILES string of the molecule is CCS(=O)(=O)c1cc(C2(C#N)CC2)cnc1-c1ncc(/C=C/C(F)(F)C(F)(F)C(C)(C)F)n1C. The summed E-state index contributed by atoms with van der Waals surface area (Å²) in [5.74, 6) is -10.1. The lowest BCUT2D eigenvalue weighted by Gasteiger charge is -2.31. The molecule has 0 spiro atoms. The summed E-state index contributed by atoms with van der Waals surface area (Å²) in [6.07, 6.45) is 4.15. The number of nitriles is 1. The first kappa shape index (κ1) is 25.8. The largest absolute Gasteiger partial charge is 0.346 e. The third-order valence-electron chi connectivity index (χ3n) is 5.95. The molecule has 3 rings (SSSR count). The fourth-order valence-corrected chi connectivity index (χ4v) is 4.40. The standard InChI is InChI=1S/C22H23F5N4O2S/c1-5-34(32,33)16-10-14(20(13-28)8-9-20)11-29-17(16)18-30-12-15(31(18)4)6-7-21(24,25)22(26,27)19(2,3)23/h6-7,10-12H,5,8-9H2,1-4H3/b7-6+. The quantitative estimate of drug-likeness (QED) is 0.481. The van der Waals surface area contributed by atoms with Crippen LogP contribution in [0, 0.1) is 11.3 Å². The van der Waals surface area contributed by atoms with E-state index in [1.54, 1.807) is 0 Å². The molecule has 1 saturated carbocycles. The predicted molar refractivity (Wildman–Crippen MR) is 115 cm³/mol. The fraction of sp³-hybridized carbons (Fsp3) is 0.500. The highest BCUT2D eigenvalue weighted by atomic mass is 32.2. The van der Waals surface area contributed by atoms with Crippen LogP contribution in [0.25, 0.3) is 17.6 Å². The van der Waals surface area contributed by atoms with Crippen molar-refractivity contribution in [2.75, 3.05) is 5.75 Å². The van der Waals surface area contributed by atoms with Crippen LogP contribution in [0.15, 0.2) is 29.4 Å². The Morgan fingerprint density at radius 3 is 2.29 bits per heavy atom. The van der Waals surface area contributed by atoms with Gasteiger partial charge in [0.05, 0.1) is 34.0 Å². The maximum Gasteiger partial charge on any atom is 0.346 e. The lowest BCUT2D eigenvalue weighted by Crippen LogP contribution is -2.52. The Labute approximate surface area is 194 Å². The highest BCUT2D eigenvalue weighted by Crippen LogP contribution is 2.48. The van der Waals surface area contributed by atoms with Crippen molar-refractivity contribution in [3.8, 4) is 17.6 Å². The number of sulfone groups is 1. The summed E-state index contributed by atoms with van der Waals surface area (Å²) in [7, 11) is -2.46. The first-order valence-electron chi connectivity index (χ1n) is 10.3. The summed E-state index contributed by atoms with van der Waals surface area (Å²) in [6, 6.07) is 3.54. The number of pyridine rings is 1. The van der Waals surface area contributed by atoms with Crippen LogP contribution in [0.5, 0.6) is 0 Å². The van der Waals surface area contributed by atoms with Crippen LogP contribution in [0.3, 0.4) is 0 Å². The topological polar surface area (TPSA) is 88.6 Å². The van der Waals surface area contributed by atoms with Gasteiger partial charge in [-0.2, -0.15) is 22.8 Å². The number of alkyl halides is 5. The minimum atomic E-state index is -4.98. The van der Waals surface area contributed by atoms with Gasteiger partial charge in [-0.3, -0.25) is 4.98 Å². The van der Waals surface area contributed by atoms with E-state index < -0.39 is 32.8 Å². The van der Waals surface area contributed by atoms with Gasteiger partial charge in [-0.05, 0) is 50.5 Å². The van der Waals surface area contributed by atoms with Crippen molar-refractivity contribution >= 4 is 15.9 Å². The number of rotatable bonds is 8. The molecule has 0 aromatic carbocycles. The Morgan fingerprint density at radius 1 is 1.18 bits per heavy atom. The monoisotopic (exact) mass is 502 g/mol. The van der Waals surface area contributed by atoms with Gasteiger partial charge in [0, 0.05) is 13.2 Å². The van der Waals surface area contributed by atoms with Gasteiger partial charge < -0.3 is 4.57 Å². The van der Waals surface area contributed by atoms with Gasteiger partial charge in [0.1, 0.15) is 5.69 Å². The van der Waals surface area contributed by atoms with Gasteiger partial charge in [-0.15, -0.1) is 0 Å². The van der Waals surface area contributed by atoms with Crippen molar-refractivity contribution in [3.63, 3.8) is 0 Å². The van der Waals surface area contributed by atoms with E-state index in [0.29, 0.717) is 38.3 Å². The molecule has 1 aliphatic rings.